The van der Waals surface area contributed by atoms with E-state index in [9.17, 15) is 4.79 Å². The molecular weight excluding hydrogens is 272 g/mol. The van der Waals surface area contributed by atoms with Gasteiger partial charge in [-0.05, 0) is 42.5 Å². The van der Waals surface area contributed by atoms with Crippen LogP contribution in [0.3, 0.4) is 0 Å². The fraction of sp³-hybridized carbons (Fsp3) is 0.533. The molecule has 0 bridgehead atoms. The Hall–Kier alpha value is -1.20. The number of aryl methyl sites for hydroxylation is 1. The van der Waals surface area contributed by atoms with Crippen molar-refractivity contribution >= 4 is 23.5 Å². The van der Waals surface area contributed by atoms with Crippen molar-refractivity contribution in [2.75, 3.05) is 31.0 Å². The second-order valence-electron chi connectivity index (χ2n) is 4.60. The minimum Gasteiger partial charge on any atom is -0.383 e. The summed E-state index contributed by atoms with van der Waals surface area (Å²) in [4.78, 5) is 11.8. The molecule has 2 N–H and O–H groups in total. The number of carbonyl (C=O) groups is 1. The van der Waals surface area contributed by atoms with Crippen LogP contribution in [-0.2, 0) is 11.2 Å². The number of methoxy groups -OCH3 is 1. The van der Waals surface area contributed by atoms with Crippen molar-refractivity contribution in [3.8, 4) is 0 Å². The van der Waals surface area contributed by atoms with Gasteiger partial charge in [-0.3, -0.25) is 0 Å². The second-order valence-corrected chi connectivity index (χ2v) is 5.58. The zero-order valence-electron chi connectivity index (χ0n) is 12.4. The molecule has 0 aliphatic carbocycles. The number of carbonyl (C=O) groups excluding carboxylic acids is 1. The first-order chi connectivity index (χ1) is 9.69. The lowest BCUT2D eigenvalue weighted by Gasteiger charge is -2.16. The Labute approximate surface area is 125 Å². The van der Waals surface area contributed by atoms with Gasteiger partial charge in [-0.25, -0.2) is 4.79 Å². The van der Waals surface area contributed by atoms with Gasteiger partial charge in [0, 0.05) is 12.8 Å². The van der Waals surface area contributed by atoms with E-state index in [0.717, 1.165) is 24.3 Å². The molecule has 0 aromatic heterocycles. The summed E-state index contributed by atoms with van der Waals surface area (Å²) >= 11 is 1.83. The van der Waals surface area contributed by atoms with E-state index in [4.69, 9.17) is 4.74 Å². The fourth-order valence-electron chi connectivity index (χ4n) is 1.79. The summed E-state index contributed by atoms with van der Waals surface area (Å²) in [7, 11) is 1.63. The minimum absolute atomic E-state index is 0.0425. The quantitative estimate of drug-likeness (QED) is 0.775. The van der Waals surface area contributed by atoms with Gasteiger partial charge in [0.1, 0.15) is 0 Å². The lowest BCUT2D eigenvalue weighted by atomic mass is 10.1. The van der Waals surface area contributed by atoms with E-state index < -0.39 is 0 Å². The van der Waals surface area contributed by atoms with Crippen LogP contribution in [-0.4, -0.2) is 37.8 Å². The molecule has 1 aromatic rings. The molecule has 1 rings (SSSR count). The van der Waals surface area contributed by atoms with Gasteiger partial charge in [-0.15, -0.1) is 0 Å². The standard InChI is InChI=1S/C15H24N2O2S/c1-4-13(11-19-2)16-15(18)17-14-7-5-12(6-8-14)9-10-20-3/h5-8,13H,4,9-11H2,1-3H3,(H2,16,17,18). The third-order valence-electron chi connectivity index (χ3n) is 3.00. The van der Waals surface area contributed by atoms with Crippen LogP contribution >= 0.6 is 11.8 Å². The molecule has 0 spiro atoms. The normalized spacial score (nSPS) is 11.9. The summed E-state index contributed by atoms with van der Waals surface area (Å²) in [6.07, 6.45) is 4.00. The van der Waals surface area contributed by atoms with Crippen LogP contribution in [0.25, 0.3) is 0 Å². The van der Waals surface area contributed by atoms with Crippen molar-refractivity contribution in [2.24, 2.45) is 0 Å². The van der Waals surface area contributed by atoms with Crippen molar-refractivity contribution < 1.29 is 9.53 Å². The van der Waals surface area contributed by atoms with Gasteiger partial charge in [0.2, 0.25) is 0 Å². The third kappa shape index (κ3) is 6.30. The van der Waals surface area contributed by atoms with Crippen molar-refractivity contribution in [3.05, 3.63) is 29.8 Å². The van der Waals surface area contributed by atoms with E-state index in [1.54, 1.807) is 7.11 Å². The van der Waals surface area contributed by atoms with E-state index >= 15 is 0 Å². The van der Waals surface area contributed by atoms with Crippen LogP contribution in [0.15, 0.2) is 24.3 Å². The predicted molar refractivity (Wildman–Crippen MR) is 86.6 cm³/mol. The summed E-state index contributed by atoms with van der Waals surface area (Å²) in [5.41, 5.74) is 2.10. The second kappa shape index (κ2) is 9.66. The maximum atomic E-state index is 11.8. The smallest absolute Gasteiger partial charge is 0.319 e. The van der Waals surface area contributed by atoms with E-state index in [1.807, 2.05) is 30.8 Å². The van der Waals surface area contributed by atoms with E-state index in [2.05, 4.69) is 29.0 Å². The van der Waals surface area contributed by atoms with Gasteiger partial charge in [-0.2, -0.15) is 11.8 Å². The highest BCUT2D eigenvalue weighted by molar-refractivity contribution is 7.98. The molecule has 1 unspecified atom stereocenters. The van der Waals surface area contributed by atoms with Crippen LogP contribution in [0.5, 0.6) is 0 Å². The number of ether oxygens (including phenoxy) is 1. The summed E-state index contributed by atoms with van der Waals surface area (Å²) in [5.74, 6) is 1.11. The average Bonchev–Trinajstić information content (AvgIpc) is 2.46. The lowest BCUT2D eigenvalue weighted by molar-refractivity contribution is 0.165. The Morgan fingerprint density at radius 1 is 1.35 bits per heavy atom. The maximum Gasteiger partial charge on any atom is 0.319 e. The Morgan fingerprint density at radius 2 is 2.05 bits per heavy atom. The third-order valence-corrected chi connectivity index (χ3v) is 3.61. The first-order valence-electron chi connectivity index (χ1n) is 6.84. The lowest BCUT2D eigenvalue weighted by Crippen LogP contribution is -2.40. The van der Waals surface area contributed by atoms with E-state index in [-0.39, 0.29) is 12.1 Å². The van der Waals surface area contributed by atoms with Gasteiger partial charge in [0.25, 0.3) is 0 Å². The molecule has 0 aliphatic heterocycles. The first-order valence-corrected chi connectivity index (χ1v) is 8.23. The van der Waals surface area contributed by atoms with Crippen LogP contribution in [0.1, 0.15) is 18.9 Å². The molecule has 5 heteroatoms. The molecule has 0 saturated carbocycles. The number of nitrogens with one attached hydrogen (secondary N) is 2. The van der Waals surface area contributed by atoms with Gasteiger partial charge >= 0.3 is 6.03 Å². The molecule has 1 aromatic carbocycles. The van der Waals surface area contributed by atoms with Gasteiger partial charge in [0.15, 0.2) is 0 Å². The summed E-state index contributed by atoms with van der Waals surface area (Å²) in [6.45, 7) is 2.54. The van der Waals surface area contributed by atoms with Crippen LogP contribution in [0.4, 0.5) is 10.5 Å². The molecule has 0 fully saturated rings. The highest BCUT2D eigenvalue weighted by Crippen LogP contribution is 2.11. The highest BCUT2D eigenvalue weighted by atomic mass is 32.2. The molecule has 20 heavy (non-hydrogen) atoms. The number of benzene rings is 1. The number of amides is 2. The molecule has 0 radical (unpaired) electrons. The Kier molecular flexibility index (Phi) is 8.14. The van der Waals surface area contributed by atoms with Gasteiger partial charge in [-0.1, -0.05) is 19.1 Å². The number of urea groups is 1. The number of hydrogen-bond donors (Lipinski definition) is 2. The van der Waals surface area contributed by atoms with Gasteiger partial charge < -0.3 is 15.4 Å². The Morgan fingerprint density at radius 3 is 2.60 bits per heavy atom. The maximum absolute atomic E-state index is 11.8. The zero-order valence-corrected chi connectivity index (χ0v) is 13.3. The molecule has 0 aliphatic rings. The topological polar surface area (TPSA) is 50.4 Å². The molecule has 0 saturated heterocycles. The molecule has 4 nitrogen and oxygen atoms in total. The Bertz CT molecular complexity index is 395. The number of hydrogen-bond acceptors (Lipinski definition) is 3. The van der Waals surface area contributed by atoms with E-state index in [0.29, 0.717) is 6.61 Å². The summed E-state index contributed by atoms with van der Waals surface area (Å²) in [5, 5.41) is 5.72. The summed E-state index contributed by atoms with van der Waals surface area (Å²) < 4.78 is 5.05. The SMILES string of the molecule is CCC(COC)NC(=O)Nc1ccc(CCSC)cc1. The molecule has 0 heterocycles. The van der Waals surface area contributed by atoms with Gasteiger partial charge in [0.05, 0.1) is 12.6 Å². The molecule has 112 valence electrons. The number of anilines is 1. The fourth-order valence-corrected chi connectivity index (χ4v) is 2.23. The zero-order chi connectivity index (χ0) is 14.8. The highest BCUT2D eigenvalue weighted by Gasteiger charge is 2.09. The van der Waals surface area contributed by atoms with Crippen LogP contribution < -0.4 is 10.6 Å². The predicted octanol–water partition coefficient (Wildman–Crippen LogP) is 3.14. The summed E-state index contributed by atoms with van der Waals surface area (Å²) in [6, 6.07) is 7.84. The molecule has 2 amide bonds. The Balaban J connectivity index is 2.45. The van der Waals surface area contributed by atoms with E-state index in [1.165, 1.54) is 5.56 Å². The minimum atomic E-state index is -0.189. The largest absolute Gasteiger partial charge is 0.383 e. The average molecular weight is 296 g/mol. The molecule has 1 atom stereocenters. The number of thioether (sulfide) groups is 1. The monoisotopic (exact) mass is 296 g/mol. The number of rotatable bonds is 8. The molecular formula is C15H24N2O2S. The van der Waals surface area contributed by atoms with Crippen molar-refractivity contribution in [1.29, 1.82) is 0 Å². The van der Waals surface area contributed by atoms with Crippen molar-refractivity contribution in [2.45, 2.75) is 25.8 Å². The van der Waals surface area contributed by atoms with Crippen LogP contribution in [0.2, 0.25) is 0 Å². The van der Waals surface area contributed by atoms with Crippen molar-refractivity contribution in [3.63, 3.8) is 0 Å². The first kappa shape index (κ1) is 16.9. The van der Waals surface area contributed by atoms with Crippen molar-refractivity contribution in [1.82, 2.24) is 5.32 Å². The van der Waals surface area contributed by atoms with Crippen LogP contribution in [0, 0.1) is 0 Å².